The van der Waals surface area contributed by atoms with Gasteiger partial charge in [0.25, 0.3) is 0 Å². The molecule has 0 amide bonds. The number of likely N-dealkylation sites (N-methyl/N-ethyl adjacent to an activating group) is 1. The van der Waals surface area contributed by atoms with Crippen molar-refractivity contribution in [1.82, 2.24) is 24.8 Å². The number of fused-ring (bicyclic) bond motifs is 2. The molecule has 1 fully saturated rings. The second-order valence-corrected chi connectivity index (χ2v) is 9.26. The molecule has 0 spiro atoms. The molecule has 2 N–H and O–H groups in total. The number of piperazine rings is 1. The first-order valence-corrected chi connectivity index (χ1v) is 12.3. The Kier molecular flexibility index (Phi) is 6.04. The summed E-state index contributed by atoms with van der Waals surface area (Å²) >= 11 is 0. The van der Waals surface area contributed by atoms with Crippen molar-refractivity contribution < 1.29 is 9.47 Å². The number of rotatable bonds is 7. The monoisotopic (exact) mass is 482 g/mol. The smallest absolute Gasteiger partial charge is 0.138 e. The van der Waals surface area contributed by atoms with Crippen molar-refractivity contribution in [3.8, 4) is 28.5 Å². The average Bonchev–Trinajstić information content (AvgIpc) is 3.53. The summed E-state index contributed by atoms with van der Waals surface area (Å²) in [5, 5.41) is 0. The van der Waals surface area contributed by atoms with Crippen LogP contribution in [0.15, 0.2) is 60.7 Å². The van der Waals surface area contributed by atoms with Crippen LogP contribution >= 0.6 is 0 Å². The first-order chi connectivity index (χ1) is 17.7. The average molecular weight is 483 g/mol. The molecular weight excluding hydrogens is 452 g/mol. The molecule has 0 radical (unpaired) electrons. The summed E-state index contributed by atoms with van der Waals surface area (Å²) in [4.78, 5) is 21.4. The Bertz CT molecular complexity index is 1480. The third-order valence-corrected chi connectivity index (χ3v) is 6.77. The normalized spacial score (nSPS) is 14.7. The standard InChI is InChI=1S/C28H30N6O2/c1-33-11-13-34(14-12-33)21-6-10-24-26(18-21)32-28(30-24)20-5-9-23-25(17-20)31-27(29-23)19-3-7-22(8-4-19)36-16-15-35-2/h3-10,17-18H,11-16H2,1-2H3,(H,29,31)(H,30,32). The van der Waals surface area contributed by atoms with Crippen LogP contribution in [0.2, 0.25) is 0 Å². The van der Waals surface area contributed by atoms with Gasteiger partial charge < -0.3 is 29.2 Å². The third kappa shape index (κ3) is 4.53. The van der Waals surface area contributed by atoms with Crippen LogP contribution in [0.3, 0.4) is 0 Å². The molecule has 0 bridgehead atoms. The molecule has 184 valence electrons. The number of anilines is 1. The third-order valence-electron chi connectivity index (χ3n) is 6.77. The van der Waals surface area contributed by atoms with E-state index in [1.807, 2.05) is 30.3 Å². The van der Waals surface area contributed by atoms with E-state index in [1.54, 1.807) is 7.11 Å². The van der Waals surface area contributed by atoms with Crippen molar-refractivity contribution in [3.63, 3.8) is 0 Å². The van der Waals surface area contributed by atoms with Crippen molar-refractivity contribution in [2.24, 2.45) is 0 Å². The number of hydrogen-bond donors (Lipinski definition) is 2. The Morgan fingerprint density at radius 1 is 0.750 bits per heavy atom. The van der Waals surface area contributed by atoms with E-state index >= 15 is 0 Å². The molecule has 8 heteroatoms. The molecule has 0 saturated carbocycles. The summed E-state index contributed by atoms with van der Waals surface area (Å²) in [7, 11) is 3.84. The number of hydrogen-bond acceptors (Lipinski definition) is 6. The van der Waals surface area contributed by atoms with Crippen LogP contribution in [0.5, 0.6) is 5.75 Å². The molecule has 0 atom stereocenters. The van der Waals surface area contributed by atoms with Gasteiger partial charge in [0.1, 0.15) is 24.0 Å². The fourth-order valence-electron chi connectivity index (χ4n) is 4.64. The molecule has 3 heterocycles. The highest BCUT2D eigenvalue weighted by Crippen LogP contribution is 2.28. The molecular formula is C28H30N6O2. The van der Waals surface area contributed by atoms with E-state index in [1.165, 1.54) is 5.69 Å². The number of nitrogens with one attached hydrogen (secondary N) is 2. The molecule has 36 heavy (non-hydrogen) atoms. The Morgan fingerprint density at radius 2 is 1.39 bits per heavy atom. The summed E-state index contributed by atoms with van der Waals surface area (Å²) in [6.45, 7) is 5.37. The number of ether oxygens (including phenoxy) is 2. The van der Waals surface area contributed by atoms with Crippen molar-refractivity contribution >= 4 is 27.8 Å². The quantitative estimate of drug-likeness (QED) is 0.331. The van der Waals surface area contributed by atoms with E-state index in [-0.39, 0.29) is 0 Å². The second kappa shape index (κ2) is 9.64. The Balaban J connectivity index is 1.23. The Morgan fingerprint density at radius 3 is 2.11 bits per heavy atom. The van der Waals surface area contributed by atoms with Crippen LogP contribution in [0.1, 0.15) is 0 Å². The molecule has 1 aliphatic rings. The Labute approximate surface area is 209 Å². The van der Waals surface area contributed by atoms with Crippen LogP contribution in [0.4, 0.5) is 5.69 Å². The number of methoxy groups -OCH3 is 1. The summed E-state index contributed by atoms with van der Waals surface area (Å²) in [6, 6.07) is 20.6. The molecule has 5 aromatic rings. The van der Waals surface area contributed by atoms with Crippen molar-refractivity contribution in [1.29, 1.82) is 0 Å². The fraction of sp³-hybridized carbons (Fsp3) is 0.286. The van der Waals surface area contributed by atoms with E-state index in [9.17, 15) is 0 Å². The van der Waals surface area contributed by atoms with E-state index in [0.29, 0.717) is 13.2 Å². The first-order valence-electron chi connectivity index (χ1n) is 12.3. The van der Waals surface area contributed by atoms with E-state index < -0.39 is 0 Å². The number of benzene rings is 3. The molecule has 1 aliphatic heterocycles. The fourth-order valence-corrected chi connectivity index (χ4v) is 4.64. The highest BCUT2D eigenvalue weighted by molar-refractivity contribution is 5.87. The molecule has 0 unspecified atom stereocenters. The first kappa shape index (κ1) is 22.6. The van der Waals surface area contributed by atoms with Crippen molar-refractivity contribution in [2.75, 3.05) is 58.5 Å². The zero-order valence-corrected chi connectivity index (χ0v) is 20.6. The number of aromatic nitrogens is 4. The number of nitrogens with zero attached hydrogens (tertiary/aromatic N) is 4. The van der Waals surface area contributed by atoms with Gasteiger partial charge in [-0.25, -0.2) is 9.97 Å². The minimum absolute atomic E-state index is 0.530. The van der Waals surface area contributed by atoms with Gasteiger partial charge in [-0.1, -0.05) is 0 Å². The van der Waals surface area contributed by atoms with Crippen LogP contribution in [0, 0.1) is 0 Å². The maximum atomic E-state index is 5.66. The lowest BCUT2D eigenvalue weighted by molar-refractivity contribution is 0.146. The Hall–Kier alpha value is -3.88. The van der Waals surface area contributed by atoms with Gasteiger partial charge in [-0.3, -0.25) is 0 Å². The number of aromatic amines is 2. The largest absolute Gasteiger partial charge is 0.491 e. The summed E-state index contributed by atoms with van der Waals surface area (Å²) in [5.41, 5.74) is 7.20. The minimum Gasteiger partial charge on any atom is -0.491 e. The van der Waals surface area contributed by atoms with Gasteiger partial charge in [-0.15, -0.1) is 0 Å². The van der Waals surface area contributed by atoms with Gasteiger partial charge in [0, 0.05) is 50.1 Å². The molecule has 1 saturated heterocycles. The van der Waals surface area contributed by atoms with E-state index in [2.05, 4.69) is 57.1 Å². The topological polar surface area (TPSA) is 82.3 Å². The highest BCUT2D eigenvalue weighted by Gasteiger charge is 2.16. The summed E-state index contributed by atoms with van der Waals surface area (Å²) in [5.74, 6) is 2.50. The zero-order chi connectivity index (χ0) is 24.5. The van der Waals surface area contributed by atoms with Gasteiger partial charge in [-0.2, -0.15) is 0 Å². The molecule has 2 aromatic heterocycles. The van der Waals surface area contributed by atoms with Crippen LogP contribution in [-0.4, -0.2) is 78.4 Å². The molecule has 8 nitrogen and oxygen atoms in total. The molecule has 3 aromatic carbocycles. The number of H-pyrrole nitrogens is 2. The molecule has 0 aliphatic carbocycles. The van der Waals surface area contributed by atoms with E-state index in [0.717, 1.165) is 76.8 Å². The van der Waals surface area contributed by atoms with Crippen molar-refractivity contribution in [2.45, 2.75) is 0 Å². The minimum atomic E-state index is 0.530. The van der Waals surface area contributed by atoms with Crippen molar-refractivity contribution in [3.05, 3.63) is 60.7 Å². The maximum Gasteiger partial charge on any atom is 0.138 e. The SMILES string of the molecule is COCCOc1ccc(-c2nc3ccc(-c4nc5ccc(N6CCN(C)CC6)cc5[nH]4)cc3[nH]2)cc1. The lowest BCUT2D eigenvalue weighted by Gasteiger charge is -2.34. The number of imidazole rings is 2. The summed E-state index contributed by atoms with van der Waals surface area (Å²) < 4.78 is 10.7. The van der Waals surface area contributed by atoms with E-state index in [4.69, 9.17) is 19.4 Å². The second-order valence-electron chi connectivity index (χ2n) is 9.26. The van der Waals surface area contributed by atoms with Gasteiger partial charge in [-0.05, 0) is 67.7 Å². The van der Waals surface area contributed by atoms with Gasteiger partial charge in [0.15, 0.2) is 0 Å². The lowest BCUT2D eigenvalue weighted by Crippen LogP contribution is -2.44. The lowest BCUT2D eigenvalue weighted by atomic mass is 10.2. The highest BCUT2D eigenvalue weighted by atomic mass is 16.5. The van der Waals surface area contributed by atoms with Crippen LogP contribution < -0.4 is 9.64 Å². The van der Waals surface area contributed by atoms with Crippen LogP contribution in [-0.2, 0) is 4.74 Å². The predicted molar refractivity (Wildman–Crippen MR) is 144 cm³/mol. The maximum absolute atomic E-state index is 5.66. The zero-order valence-electron chi connectivity index (χ0n) is 20.6. The summed E-state index contributed by atoms with van der Waals surface area (Å²) in [6.07, 6.45) is 0. The molecule has 6 rings (SSSR count). The van der Waals surface area contributed by atoms with Gasteiger partial charge >= 0.3 is 0 Å². The van der Waals surface area contributed by atoms with Gasteiger partial charge in [0.2, 0.25) is 0 Å². The van der Waals surface area contributed by atoms with Crippen LogP contribution in [0.25, 0.3) is 44.8 Å². The van der Waals surface area contributed by atoms with Gasteiger partial charge in [0.05, 0.1) is 28.7 Å². The predicted octanol–water partition coefficient (Wildman–Crippen LogP) is 4.55.